The van der Waals surface area contributed by atoms with Crippen LogP contribution in [0.25, 0.3) is 77.4 Å². The van der Waals surface area contributed by atoms with Crippen molar-refractivity contribution >= 4 is 43.6 Å². The minimum atomic E-state index is 0.839. The largest absolute Gasteiger partial charge is 0.309 e. The number of nitrogens with zero attached hydrogens (tertiary/aromatic N) is 4. The fraction of sp³-hybridized carbons (Fsp3) is 0.0244. The van der Waals surface area contributed by atoms with E-state index in [0.29, 0.717) is 0 Å². The van der Waals surface area contributed by atoms with Crippen LogP contribution in [0.1, 0.15) is 11.3 Å². The van der Waals surface area contributed by atoms with Crippen LogP contribution in [0.2, 0.25) is 0 Å². The molecular formula is C41H26N4. The Morgan fingerprint density at radius 2 is 1.04 bits per heavy atom. The van der Waals surface area contributed by atoms with Crippen molar-refractivity contribution in [3.05, 3.63) is 157 Å². The fourth-order valence-electron chi connectivity index (χ4n) is 7.48. The molecule has 0 atom stereocenters. The van der Waals surface area contributed by atoms with Crippen LogP contribution in [0.15, 0.2) is 146 Å². The van der Waals surface area contributed by atoms with Crippen molar-refractivity contribution in [2.45, 2.75) is 6.42 Å². The molecule has 3 aromatic heterocycles. The number of aromatic nitrogens is 4. The van der Waals surface area contributed by atoms with Crippen LogP contribution < -0.4 is 0 Å². The third-order valence-corrected chi connectivity index (χ3v) is 9.46. The van der Waals surface area contributed by atoms with E-state index >= 15 is 0 Å². The molecule has 0 bridgehead atoms. The summed E-state index contributed by atoms with van der Waals surface area (Å²) in [7, 11) is 0. The van der Waals surface area contributed by atoms with Crippen molar-refractivity contribution in [3.8, 4) is 33.8 Å². The summed E-state index contributed by atoms with van der Waals surface area (Å²) >= 11 is 0. The Balaban J connectivity index is 1.19. The lowest BCUT2D eigenvalue weighted by atomic mass is 10.0. The molecule has 0 saturated heterocycles. The van der Waals surface area contributed by atoms with Gasteiger partial charge in [-0.25, -0.2) is 9.97 Å². The van der Waals surface area contributed by atoms with Gasteiger partial charge in [0.1, 0.15) is 12.1 Å². The highest BCUT2D eigenvalue weighted by atomic mass is 15.1. The zero-order chi connectivity index (χ0) is 29.5. The second kappa shape index (κ2) is 9.25. The van der Waals surface area contributed by atoms with E-state index in [2.05, 4.69) is 149 Å². The number of fused-ring (bicyclic) bond motifs is 9. The molecular weight excluding hydrogens is 548 g/mol. The summed E-state index contributed by atoms with van der Waals surface area (Å²) in [5.41, 5.74) is 13.1. The lowest BCUT2D eigenvalue weighted by molar-refractivity contribution is 1.00. The highest BCUT2D eigenvalue weighted by Crippen LogP contribution is 2.42. The smallest absolute Gasteiger partial charge is 0.149 e. The molecule has 1 aliphatic carbocycles. The number of benzene rings is 6. The van der Waals surface area contributed by atoms with Gasteiger partial charge in [-0.15, -0.1) is 0 Å². The number of hydrogen-bond donors (Lipinski definition) is 0. The summed E-state index contributed by atoms with van der Waals surface area (Å²) in [5.74, 6) is 0.944. The number of rotatable bonds is 3. The molecule has 3 heterocycles. The molecule has 0 saturated carbocycles. The van der Waals surface area contributed by atoms with Gasteiger partial charge in [0, 0.05) is 39.2 Å². The Bertz CT molecular complexity index is 2620. The molecule has 0 N–H and O–H groups in total. The molecule has 0 aliphatic heterocycles. The van der Waals surface area contributed by atoms with Crippen LogP contribution >= 0.6 is 0 Å². The molecule has 0 radical (unpaired) electrons. The maximum absolute atomic E-state index is 4.91. The monoisotopic (exact) mass is 574 g/mol. The van der Waals surface area contributed by atoms with Crippen molar-refractivity contribution in [1.29, 1.82) is 0 Å². The molecule has 1 aliphatic rings. The first-order chi connectivity index (χ1) is 22.3. The Morgan fingerprint density at radius 1 is 0.467 bits per heavy atom. The number of para-hydroxylation sites is 3. The summed E-state index contributed by atoms with van der Waals surface area (Å²) in [6.07, 6.45) is 2.56. The molecule has 45 heavy (non-hydrogen) atoms. The Kier molecular flexibility index (Phi) is 5.02. The van der Waals surface area contributed by atoms with Crippen LogP contribution in [0, 0.1) is 0 Å². The first kappa shape index (κ1) is 24.4. The topological polar surface area (TPSA) is 35.6 Å². The van der Waals surface area contributed by atoms with Gasteiger partial charge in [-0.2, -0.15) is 0 Å². The maximum Gasteiger partial charge on any atom is 0.149 e. The van der Waals surface area contributed by atoms with E-state index in [9.17, 15) is 0 Å². The van der Waals surface area contributed by atoms with Gasteiger partial charge in [-0.05, 0) is 70.8 Å². The van der Waals surface area contributed by atoms with Crippen molar-refractivity contribution in [2.75, 3.05) is 0 Å². The van der Waals surface area contributed by atoms with Crippen molar-refractivity contribution in [3.63, 3.8) is 0 Å². The van der Waals surface area contributed by atoms with Gasteiger partial charge >= 0.3 is 0 Å². The molecule has 6 aromatic carbocycles. The van der Waals surface area contributed by atoms with Crippen LogP contribution in [-0.4, -0.2) is 19.1 Å². The van der Waals surface area contributed by atoms with Crippen LogP contribution in [0.4, 0.5) is 0 Å². The maximum atomic E-state index is 4.91. The van der Waals surface area contributed by atoms with Crippen LogP contribution in [0.3, 0.4) is 0 Å². The van der Waals surface area contributed by atoms with E-state index in [1.807, 2.05) is 0 Å². The zero-order valence-corrected chi connectivity index (χ0v) is 24.4. The summed E-state index contributed by atoms with van der Waals surface area (Å²) in [4.78, 5) is 9.61. The third kappa shape index (κ3) is 3.48. The Hall–Kier alpha value is -6.00. The quantitative estimate of drug-likeness (QED) is 0.211. The third-order valence-electron chi connectivity index (χ3n) is 9.46. The summed E-state index contributed by atoms with van der Waals surface area (Å²) in [5, 5.41) is 4.95. The molecule has 9 aromatic rings. The highest BCUT2D eigenvalue weighted by Gasteiger charge is 2.26. The number of hydrogen-bond acceptors (Lipinski definition) is 2. The second-order valence-corrected chi connectivity index (χ2v) is 11.9. The highest BCUT2D eigenvalue weighted by molar-refractivity contribution is 6.13. The summed E-state index contributed by atoms with van der Waals surface area (Å²) < 4.78 is 4.69. The summed E-state index contributed by atoms with van der Waals surface area (Å²) in [6.45, 7) is 0. The van der Waals surface area contributed by atoms with Crippen molar-refractivity contribution < 1.29 is 0 Å². The van der Waals surface area contributed by atoms with Gasteiger partial charge in [0.15, 0.2) is 0 Å². The molecule has 0 unspecified atom stereocenters. The Morgan fingerprint density at radius 3 is 1.78 bits per heavy atom. The minimum absolute atomic E-state index is 0.839. The van der Waals surface area contributed by atoms with Crippen molar-refractivity contribution in [2.24, 2.45) is 0 Å². The summed E-state index contributed by atoms with van der Waals surface area (Å²) in [6, 6.07) is 50.4. The van der Waals surface area contributed by atoms with E-state index in [4.69, 9.17) is 9.97 Å². The van der Waals surface area contributed by atoms with Gasteiger partial charge in [-0.3, -0.25) is 4.57 Å². The normalized spacial score (nSPS) is 12.4. The van der Waals surface area contributed by atoms with Gasteiger partial charge in [0.25, 0.3) is 0 Å². The van der Waals surface area contributed by atoms with E-state index in [1.54, 1.807) is 6.33 Å². The van der Waals surface area contributed by atoms with Gasteiger partial charge in [0.2, 0.25) is 0 Å². The lowest BCUT2D eigenvalue weighted by Crippen LogP contribution is -2.02. The molecule has 4 nitrogen and oxygen atoms in total. The van der Waals surface area contributed by atoms with E-state index < -0.39 is 0 Å². The fourth-order valence-corrected chi connectivity index (χ4v) is 7.48. The standard InChI is InChI=1S/C41H26N4/c1-2-11-29(12-3-1)44-36-16-8-6-14-31(36)33-22-26(18-20-38(33)44)27-19-21-39-34(23-27)32-15-7-9-17-37(32)45(39)41-40-30-13-5-4-10-28(30)24-35(40)42-25-43-41/h1-23,25H,24H2. The van der Waals surface area contributed by atoms with Gasteiger partial charge < -0.3 is 4.57 Å². The van der Waals surface area contributed by atoms with E-state index in [1.165, 1.54) is 60.5 Å². The van der Waals surface area contributed by atoms with Gasteiger partial charge in [0.05, 0.1) is 27.8 Å². The predicted molar refractivity (Wildman–Crippen MR) is 184 cm³/mol. The SMILES string of the molecule is c1ccc(-n2c3ccccc3c3cc(-c4ccc5c(c4)c4ccccc4n5-c4ncnc5c4-c4ccccc4C5)ccc32)cc1. The first-order valence-corrected chi connectivity index (χ1v) is 15.4. The Labute approximate surface area is 259 Å². The van der Waals surface area contributed by atoms with Crippen LogP contribution in [-0.2, 0) is 6.42 Å². The average molecular weight is 575 g/mol. The first-order valence-electron chi connectivity index (χ1n) is 15.4. The average Bonchev–Trinajstić information content (AvgIpc) is 3.76. The molecule has 0 amide bonds. The molecule has 0 fully saturated rings. The minimum Gasteiger partial charge on any atom is -0.309 e. The zero-order valence-electron chi connectivity index (χ0n) is 24.4. The lowest BCUT2D eigenvalue weighted by Gasteiger charge is -2.12. The van der Waals surface area contributed by atoms with Gasteiger partial charge in [-0.1, -0.05) is 91.0 Å². The van der Waals surface area contributed by atoms with E-state index in [-0.39, 0.29) is 0 Å². The molecule has 10 rings (SSSR count). The van der Waals surface area contributed by atoms with Crippen LogP contribution in [0.5, 0.6) is 0 Å². The molecule has 0 spiro atoms. The van der Waals surface area contributed by atoms with E-state index in [0.717, 1.165) is 34.5 Å². The second-order valence-electron chi connectivity index (χ2n) is 11.9. The van der Waals surface area contributed by atoms with Crippen molar-refractivity contribution in [1.82, 2.24) is 19.1 Å². The molecule has 4 heteroatoms. The molecule has 210 valence electrons. The predicted octanol–water partition coefficient (Wildman–Crippen LogP) is 9.91.